The monoisotopic (exact) mass is 351 g/mol. The minimum atomic E-state index is -0.707. The molecule has 0 aliphatic carbocycles. The van der Waals surface area contributed by atoms with E-state index < -0.39 is 5.97 Å². The summed E-state index contributed by atoms with van der Waals surface area (Å²) in [7, 11) is 1.55. The van der Waals surface area contributed by atoms with E-state index in [0.717, 1.165) is 24.2 Å². The van der Waals surface area contributed by atoms with Gasteiger partial charge in [0.25, 0.3) is 0 Å². The van der Waals surface area contributed by atoms with Crippen molar-refractivity contribution in [2.45, 2.75) is 19.8 Å². The SMILES string of the molecule is CCCCOc1ccc(/C=C(\C#N)C(=O)Oc2ccc(OC)cc2)cc1. The fourth-order valence-electron chi connectivity index (χ4n) is 2.10. The molecule has 2 aromatic rings. The molecule has 134 valence electrons. The van der Waals surface area contributed by atoms with Crippen LogP contribution in [0.1, 0.15) is 25.3 Å². The molecule has 0 saturated carbocycles. The third kappa shape index (κ3) is 5.67. The number of nitriles is 1. The number of esters is 1. The number of hydrogen-bond donors (Lipinski definition) is 0. The van der Waals surface area contributed by atoms with E-state index in [9.17, 15) is 10.1 Å². The molecule has 0 fully saturated rings. The minimum Gasteiger partial charge on any atom is -0.497 e. The first-order valence-corrected chi connectivity index (χ1v) is 8.37. The van der Waals surface area contributed by atoms with Crippen molar-refractivity contribution in [1.29, 1.82) is 5.26 Å². The van der Waals surface area contributed by atoms with Crippen molar-refractivity contribution in [3.8, 4) is 23.3 Å². The highest BCUT2D eigenvalue weighted by Gasteiger charge is 2.12. The summed E-state index contributed by atoms with van der Waals surface area (Å²) in [5, 5.41) is 9.25. The molecule has 0 saturated heterocycles. The average Bonchev–Trinajstić information content (AvgIpc) is 2.68. The number of carbonyl (C=O) groups excluding carboxylic acids is 1. The Labute approximate surface area is 153 Å². The van der Waals surface area contributed by atoms with Crippen LogP contribution in [0, 0.1) is 11.3 Å². The zero-order valence-electron chi connectivity index (χ0n) is 14.9. The molecular formula is C21H21NO4. The summed E-state index contributed by atoms with van der Waals surface area (Å²) in [6.07, 6.45) is 3.56. The van der Waals surface area contributed by atoms with E-state index >= 15 is 0 Å². The Morgan fingerprint density at radius 3 is 2.23 bits per heavy atom. The maximum atomic E-state index is 12.2. The van der Waals surface area contributed by atoms with Crippen LogP contribution in [0.2, 0.25) is 0 Å². The Balaban J connectivity index is 2.03. The molecule has 0 aromatic heterocycles. The Hall–Kier alpha value is -3.26. The van der Waals surface area contributed by atoms with Crippen molar-refractivity contribution in [2.75, 3.05) is 13.7 Å². The first-order valence-electron chi connectivity index (χ1n) is 8.37. The van der Waals surface area contributed by atoms with Gasteiger partial charge in [-0.3, -0.25) is 0 Å². The smallest absolute Gasteiger partial charge is 0.354 e. The fourth-order valence-corrected chi connectivity index (χ4v) is 2.10. The van der Waals surface area contributed by atoms with Crippen LogP contribution in [0.25, 0.3) is 6.08 Å². The van der Waals surface area contributed by atoms with Crippen LogP contribution >= 0.6 is 0 Å². The van der Waals surface area contributed by atoms with Gasteiger partial charge >= 0.3 is 5.97 Å². The van der Waals surface area contributed by atoms with Crippen molar-refractivity contribution in [1.82, 2.24) is 0 Å². The second-order valence-electron chi connectivity index (χ2n) is 5.51. The molecule has 26 heavy (non-hydrogen) atoms. The highest BCUT2D eigenvalue weighted by Crippen LogP contribution is 2.19. The van der Waals surface area contributed by atoms with Gasteiger partial charge in [-0.2, -0.15) is 5.26 Å². The maximum Gasteiger partial charge on any atom is 0.354 e. The molecule has 0 unspecified atom stereocenters. The van der Waals surface area contributed by atoms with E-state index in [2.05, 4.69) is 6.92 Å². The number of ether oxygens (including phenoxy) is 3. The van der Waals surface area contributed by atoms with Crippen LogP contribution in [0.15, 0.2) is 54.1 Å². The third-order valence-electron chi connectivity index (χ3n) is 3.57. The molecule has 0 aliphatic rings. The molecule has 0 radical (unpaired) electrons. The van der Waals surface area contributed by atoms with Gasteiger partial charge in [-0.15, -0.1) is 0 Å². The summed E-state index contributed by atoms with van der Waals surface area (Å²) < 4.78 is 15.9. The number of carbonyl (C=O) groups is 1. The topological polar surface area (TPSA) is 68.5 Å². The van der Waals surface area contributed by atoms with Crippen LogP contribution in [-0.4, -0.2) is 19.7 Å². The molecule has 2 rings (SSSR count). The molecule has 0 amide bonds. The molecule has 5 heteroatoms. The zero-order chi connectivity index (χ0) is 18.8. The lowest BCUT2D eigenvalue weighted by Gasteiger charge is -2.06. The van der Waals surface area contributed by atoms with Crippen LogP contribution < -0.4 is 14.2 Å². The average molecular weight is 351 g/mol. The Bertz CT molecular complexity index is 786. The minimum absolute atomic E-state index is 0.0829. The largest absolute Gasteiger partial charge is 0.497 e. The maximum absolute atomic E-state index is 12.2. The molecule has 0 aliphatic heterocycles. The second-order valence-corrected chi connectivity index (χ2v) is 5.51. The predicted octanol–water partition coefficient (Wildman–Crippen LogP) is 4.39. The fraction of sp³-hybridized carbons (Fsp3) is 0.238. The molecule has 2 aromatic carbocycles. The van der Waals surface area contributed by atoms with E-state index in [0.29, 0.717) is 18.1 Å². The Morgan fingerprint density at radius 1 is 1.04 bits per heavy atom. The molecule has 0 atom stereocenters. The Kier molecular flexibility index (Phi) is 7.26. The predicted molar refractivity (Wildman–Crippen MR) is 99.1 cm³/mol. The Morgan fingerprint density at radius 2 is 1.65 bits per heavy atom. The highest BCUT2D eigenvalue weighted by atomic mass is 16.5. The standard InChI is InChI=1S/C21H21NO4/c1-3-4-13-25-19-7-5-16(6-8-19)14-17(15-22)21(23)26-20-11-9-18(24-2)10-12-20/h5-12,14H,3-4,13H2,1-2H3/b17-14+. The number of benzene rings is 2. The zero-order valence-corrected chi connectivity index (χ0v) is 14.9. The number of nitrogens with zero attached hydrogens (tertiary/aromatic N) is 1. The van der Waals surface area contributed by atoms with Crippen molar-refractivity contribution < 1.29 is 19.0 Å². The highest BCUT2D eigenvalue weighted by molar-refractivity contribution is 5.99. The lowest BCUT2D eigenvalue weighted by Crippen LogP contribution is -2.10. The quantitative estimate of drug-likeness (QED) is 0.232. The summed E-state index contributed by atoms with van der Waals surface area (Å²) in [4.78, 5) is 12.2. The lowest BCUT2D eigenvalue weighted by molar-refractivity contribution is -0.129. The molecule has 0 spiro atoms. The number of unbranched alkanes of at least 4 members (excludes halogenated alkanes) is 1. The van der Waals surface area contributed by atoms with E-state index in [-0.39, 0.29) is 5.57 Å². The van der Waals surface area contributed by atoms with Crippen molar-refractivity contribution in [3.05, 3.63) is 59.7 Å². The molecule has 5 nitrogen and oxygen atoms in total. The van der Waals surface area contributed by atoms with Gasteiger partial charge in [0.2, 0.25) is 0 Å². The molecular weight excluding hydrogens is 330 g/mol. The molecule has 0 bridgehead atoms. The second kappa shape index (κ2) is 9.90. The van der Waals surface area contributed by atoms with Gasteiger partial charge in [0.05, 0.1) is 13.7 Å². The lowest BCUT2D eigenvalue weighted by atomic mass is 10.1. The summed E-state index contributed by atoms with van der Waals surface area (Å²) in [6, 6.07) is 15.6. The van der Waals surface area contributed by atoms with Crippen molar-refractivity contribution in [2.24, 2.45) is 0 Å². The third-order valence-corrected chi connectivity index (χ3v) is 3.57. The normalized spacial score (nSPS) is 10.7. The van der Waals surface area contributed by atoms with Crippen LogP contribution in [0.4, 0.5) is 0 Å². The number of rotatable bonds is 8. The molecule has 0 heterocycles. The van der Waals surface area contributed by atoms with Gasteiger partial charge in [-0.25, -0.2) is 4.79 Å². The first kappa shape index (κ1) is 19.1. The van der Waals surface area contributed by atoms with Crippen LogP contribution in [0.3, 0.4) is 0 Å². The van der Waals surface area contributed by atoms with E-state index in [1.54, 1.807) is 43.5 Å². The van der Waals surface area contributed by atoms with E-state index in [1.807, 2.05) is 18.2 Å². The summed E-state index contributed by atoms with van der Waals surface area (Å²) in [5.74, 6) is 1.05. The van der Waals surface area contributed by atoms with Crippen LogP contribution in [0.5, 0.6) is 17.2 Å². The van der Waals surface area contributed by atoms with Gasteiger partial charge in [0.15, 0.2) is 0 Å². The first-order chi connectivity index (χ1) is 12.7. The number of methoxy groups -OCH3 is 1. The summed E-state index contributed by atoms with van der Waals surface area (Å²) in [6.45, 7) is 2.77. The summed E-state index contributed by atoms with van der Waals surface area (Å²) >= 11 is 0. The van der Waals surface area contributed by atoms with Crippen molar-refractivity contribution >= 4 is 12.0 Å². The van der Waals surface area contributed by atoms with E-state index in [1.165, 1.54) is 6.08 Å². The van der Waals surface area contributed by atoms with Gasteiger partial charge < -0.3 is 14.2 Å². The van der Waals surface area contributed by atoms with Gasteiger partial charge in [0, 0.05) is 0 Å². The van der Waals surface area contributed by atoms with Gasteiger partial charge in [-0.05, 0) is 54.5 Å². The van der Waals surface area contributed by atoms with E-state index in [4.69, 9.17) is 14.2 Å². The summed E-state index contributed by atoms with van der Waals surface area (Å²) in [5.41, 5.74) is 0.636. The van der Waals surface area contributed by atoms with Crippen LogP contribution in [-0.2, 0) is 4.79 Å². The van der Waals surface area contributed by atoms with Crippen molar-refractivity contribution in [3.63, 3.8) is 0 Å². The van der Waals surface area contributed by atoms with Gasteiger partial charge in [0.1, 0.15) is 28.9 Å². The molecule has 0 N–H and O–H groups in total. The van der Waals surface area contributed by atoms with Gasteiger partial charge in [-0.1, -0.05) is 25.5 Å². The number of hydrogen-bond acceptors (Lipinski definition) is 5.